The maximum atomic E-state index is 12.1. The van der Waals surface area contributed by atoms with Crippen LogP contribution in [0.5, 0.6) is 0 Å². The van der Waals surface area contributed by atoms with Crippen LogP contribution in [-0.2, 0) is 42.8 Å². The highest BCUT2D eigenvalue weighted by Gasteiger charge is 2.32. The van der Waals surface area contributed by atoms with Crippen molar-refractivity contribution in [3.8, 4) is 0 Å². The van der Waals surface area contributed by atoms with E-state index >= 15 is 0 Å². The third-order valence-corrected chi connectivity index (χ3v) is 3.64. The molecule has 0 bridgehead atoms. The summed E-state index contributed by atoms with van der Waals surface area (Å²) in [5, 5.41) is 0. The van der Waals surface area contributed by atoms with Crippen LogP contribution in [0.3, 0.4) is 0 Å². The molecule has 0 radical (unpaired) electrons. The normalized spacial score (nSPS) is 27.8. The fourth-order valence-corrected chi connectivity index (χ4v) is 1.92. The molecule has 0 saturated carbocycles. The summed E-state index contributed by atoms with van der Waals surface area (Å²) in [6.07, 6.45) is -0.699. The SMILES string of the molecule is O=C(CC(CC(=O)OCC1CO1)C(=O)OCC1CO1)OCC1CO1. The minimum atomic E-state index is -0.941. The number of hydrogen-bond donors (Lipinski definition) is 0. The molecule has 3 rings (SSSR count). The van der Waals surface area contributed by atoms with Gasteiger partial charge in [0.2, 0.25) is 0 Å². The fraction of sp³-hybridized carbons (Fsp3) is 0.800. The van der Waals surface area contributed by atoms with E-state index in [9.17, 15) is 14.4 Å². The van der Waals surface area contributed by atoms with E-state index in [0.717, 1.165) is 0 Å². The van der Waals surface area contributed by atoms with Crippen molar-refractivity contribution in [2.24, 2.45) is 5.92 Å². The summed E-state index contributed by atoms with van der Waals surface area (Å²) in [6.45, 7) is 2.10. The van der Waals surface area contributed by atoms with Crippen LogP contribution in [0.25, 0.3) is 0 Å². The lowest BCUT2D eigenvalue weighted by Gasteiger charge is -2.14. The second kappa shape index (κ2) is 7.91. The van der Waals surface area contributed by atoms with E-state index in [0.29, 0.717) is 19.8 Å². The molecule has 3 saturated heterocycles. The second-order valence-electron chi connectivity index (χ2n) is 5.97. The second-order valence-corrected chi connectivity index (χ2v) is 5.97. The van der Waals surface area contributed by atoms with Gasteiger partial charge in [0.05, 0.1) is 38.6 Å². The molecular formula is C15H20O9. The topological polar surface area (TPSA) is 116 Å². The number of rotatable bonds is 11. The van der Waals surface area contributed by atoms with Gasteiger partial charge in [-0.3, -0.25) is 14.4 Å². The summed E-state index contributed by atoms with van der Waals surface area (Å²) in [5.74, 6) is -2.73. The first kappa shape index (κ1) is 17.1. The molecule has 3 aliphatic rings. The number of esters is 3. The van der Waals surface area contributed by atoms with Crippen molar-refractivity contribution in [3.63, 3.8) is 0 Å². The quantitative estimate of drug-likeness (QED) is 0.270. The van der Waals surface area contributed by atoms with Gasteiger partial charge in [0.1, 0.15) is 38.1 Å². The van der Waals surface area contributed by atoms with Gasteiger partial charge in [0.15, 0.2) is 0 Å². The van der Waals surface area contributed by atoms with Crippen LogP contribution in [-0.4, -0.2) is 75.9 Å². The Bertz CT molecular complexity index is 449. The number of epoxide rings is 3. The van der Waals surface area contributed by atoms with Gasteiger partial charge in [-0.25, -0.2) is 0 Å². The van der Waals surface area contributed by atoms with Crippen LogP contribution in [0.1, 0.15) is 12.8 Å². The Morgan fingerprint density at radius 3 is 1.50 bits per heavy atom. The Hall–Kier alpha value is -1.71. The Morgan fingerprint density at radius 2 is 1.12 bits per heavy atom. The van der Waals surface area contributed by atoms with Crippen LogP contribution in [0.2, 0.25) is 0 Å². The van der Waals surface area contributed by atoms with E-state index in [1.165, 1.54) is 0 Å². The average molecular weight is 344 g/mol. The molecule has 0 aromatic carbocycles. The lowest BCUT2D eigenvalue weighted by Crippen LogP contribution is -2.27. The largest absolute Gasteiger partial charge is 0.463 e. The van der Waals surface area contributed by atoms with Crippen molar-refractivity contribution in [2.45, 2.75) is 31.2 Å². The highest BCUT2D eigenvalue weighted by atomic mass is 16.6. The third-order valence-electron chi connectivity index (χ3n) is 3.64. The molecule has 0 aliphatic carbocycles. The van der Waals surface area contributed by atoms with Crippen molar-refractivity contribution in [1.82, 2.24) is 0 Å². The Kier molecular flexibility index (Phi) is 5.64. The average Bonchev–Trinajstić information content (AvgIpc) is 3.39. The summed E-state index contributed by atoms with van der Waals surface area (Å²) in [6, 6.07) is 0. The summed E-state index contributed by atoms with van der Waals surface area (Å²) in [5.41, 5.74) is 0. The van der Waals surface area contributed by atoms with Crippen LogP contribution >= 0.6 is 0 Å². The van der Waals surface area contributed by atoms with Crippen molar-refractivity contribution in [1.29, 1.82) is 0 Å². The molecule has 3 aliphatic heterocycles. The Balaban J connectivity index is 1.44. The maximum Gasteiger partial charge on any atom is 0.310 e. The monoisotopic (exact) mass is 344 g/mol. The highest BCUT2D eigenvalue weighted by Crippen LogP contribution is 2.18. The number of carbonyl (C=O) groups is 3. The zero-order chi connectivity index (χ0) is 16.9. The maximum absolute atomic E-state index is 12.1. The van der Waals surface area contributed by atoms with Gasteiger partial charge in [0.25, 0.3) is 0 Å². The van der Waals surface area contributed by atoms with Crippen molar-refractivity contribution < 1.29 is 42.8 Å². The van der Waals surface area contributed by atoms with E-state index in [2.05, 4.69) is 0 Å². The molecule has 0 aromatic heterocycles. The number of ether oxygens (including phenoxy) is 6. The predicted molar refractivity (Wildman–Crippen MR) is 74.8 cm³/mol. The zero-order valence-corrected chi connectivity index (χ0v) is 13.1. The van der Waals surface area contributed by atoms with Gasteiger partial charge >= 0.3 is 17.9 Å². The molecular weight excluding hydrogens is 324 g/mol. The summed E-state index contributed by atoms with van der Waals surface area (Å²) in [7, 11) is 0. The van der Waals surface area contributed by atoms with E-state index < -0.39 is 23.8 Å². The minimum absolute atomic E-state index is 0.0603. The summed E-state index contributed by atoms with van der Waals surface area (Å²) in [4.78, 5) is 35.7. The van der Waals surface area contributed by atoms with Gasteiger partial charge in [-0.2, -0.15) is 0 Å². The Morgan fingerprint density at radius 1 is 0.750 bits per heavy atom. The molecule has 3 heterocycles. The minimum Gasteiger partial charge on any atom is -0.463 e. The molecule has 9 nitrogen and oxygen atoms in total. The lowest BCUT2D eigenvalue weighted by molar-refractivity contribution is -0.159. The van der Waals surface area contributed by atoms with Crippen molar-refractivity contribution in [2.75, 3.05) is 39.6 Å². The lowest BCUT2D eigenvalue weighted by atomic mass is 10.0. The first-order chi connectivity index (χ1) is 11.6. The molecule has 3 fully saturated rings. The van der Waals surface area contributed by atoms with Crippen LogP contribution in [0, 0.1) is 5.92 Å². The number of hydrogen-bond acceptors (Lipinski definition) is 9. The van der Waals surface area contributed by atoms with E-state index in [4.69, 9.17) is 28.4 Å². The molecule has 24 heavy (non-hydrogen) atoms. The van der Waals surface area contributed by atoms with Crippen molar-refractivity contribution >= 4 is 17.9 Å². The Labute approximate surface area is 138 Å². The molecule has 0 amide bonds. The van der Waals surface area contributed by atoms with Crippen molar-refractivity contribution in [3.05, 3.63) is 0 Å². The first-order valence-electron chi connectivity index (χ1n) is 7.93. The van der Waals surface area contributed by atoms with Gasteiger partial charge in [0, 0.05) is 0 Å². The van der Waals surface area contributed by atoms with Gasteiger partial charge in [-0.1, -0.05) is 0 Å². The molecule has 0 spiro atoms. The predicted octanol–water partition coefficient (Wildman–Crippen LogP) is -0.791. The first-order valence-corrected chi connectivity index (χ1v) is 7.93. The van der Waals surface area contributed by atoms with Crippen LogP contribution in [0.4, 0.5) is 0 Å². The molecule has 3 atom stereocenters. The van der Waals surface area contributed by atoms with E-state index in [1.807, 2.05) is 0 Å². The molecule has 134 valence electrons. The third kappa shape index (κ3) is 6.42. The van der Waals surface area contributed by atoms with Gasteiger partial charge in [-0.15, -0.1) is 0 Å². The van der Waals surface area contributed by atoms with Gasteiger partial charge in [-0.05, 0) is 0 Å². The molecule has 0 N–H and O–H groups in total. The number of carbonyl (C=O) groups excluding carboxylic acids is 3. The molecule has 9 heteroatoms. The van der Waals surface area contributed by atoms with Crippen LogP contribution < -0.4 is 0 Å². The summed E-state index contributed by atoms with van der Waals surface area (Å²) >= 11 is 0. The molecule has 3 unspecified atom stereocenters. The molecule has 0 aromatic rings. The summed E-state index contributed by atoms with van der Waals surface area (Å²) < 4.78 is 29.9. The smallest absolute Gasteiger partial charge is 0.310 e. The fourth-order valence-electron chi connectivity index (χ4n) is 1.92. The van der Waals surface area contributed by atoms with E-state index in [1.54, 1.807) is 0 Å². The van der Waals surface area contributed by atoms with Gasteiger partial charge < -0.3 is 28.4 Å². The highest BCUT2D eigenvalue weighted by molar-refractivity contribution is 5.84. The standard InChI is InChI=1S/C15H20O9/c16-13(22-6-10-3-19-10)1-9(15(18)24-8-12-5-21-12)2-14(17)23-7-11-4-20-11/h9-12H,1-8H2. The zero-order valence-electron chi connectivity index (χ0n) is 13.1. The van der Waals surface area contributed by atoms with Crippen LogP contribution in [0.15, 0.2) is 0 Å². The van der Waals surface area contributed by atoms with E-state index in [-0.39, 0.29) is 51.0 Å².